The number of aliphatic carboxylic acids is 5. The predicted octanol–water partition coefficient (Wildman–Crippen LogP) is -2.25. The SMILES string of the molecule is CC(CN)C(=O)O.CNCC(=O)O.NC(CCCCC(=O)O)C(=O)O.NCCC(N)C(=O)O. The lowest BCUT2D eigenvalue weighted by Crippen LogP contribution is -2.32. The molecule has 15 nitrogen and oxygen atoms in total. The fourth-order valence-corrected chi connectivity index (χ4v) is 1.32. The number of nitrogens with two attached hydrogens (primary N) is 4. The summed E-state index contributed by atoms with van der Waals surface area (Å²) in [7, 11) is 1.59. The van der Waals surface area contributed by atoms with Gasteiger partial charge in [-0.3, -0.25) is 24.0 Å². The van der Waals surface area contributed by atoms with Crippen LogP contribution >= 0.6 is 0 Å². The van der Waals surface area contributed by atoms with Gasteiger partial charge in [0.1, 0.15) is 12.1 Å². The van der Waals surface area contributed by atoms with Crippen LogP contribution in [-0.2, 0) is 24.0 Å². The van der Waals surface area contributed by atoms with E-state index in [0.717, 1.165) is 0 Å². The van der Waals surface area contributed by atoms with Crippen LogP contribution in [0.2, 0.25) is 0 Å². The Hall–Kier alpha value is -2.85. The van der Waals surface area contributed by atoms with Gasteiger partial charge in [0.05, 0.1) is 12.5 Å². The summed E-state index contributed by atoms with van der Waals surface area (Å²) in [6.45, 7) is 2.16. The Kier molecular flexibility index (Phi) is 28.8. The molecule has 3 unspecified atom stereocenters. The maximum absolute atomic E-state index is 10.2. The fraction of sp³-hybridized carbons (Fsp3) is 0.722. The summed E-state index contributed by atoms with van der Waals surface area (Å²) < 4.78 is 0. The lowest BCUT2D eigenvalue weighted by Gasteiger charge is -2.03. The van der Waals surface area contributed by atoms with Crippen molar-refractivity contribution in [3.05, 3.63) is 0 Å². The van der Waals surface area contributed by atoms with Gasteiger partial charge in [0, 0.05) is 13.0 Å². The number of carboxylic acid groups (broad SMARTS) is 5. The molecule has 0 aromatic rings. The Bertz CT molecular complexity index is 563. The zero-order valence-electron chi connectivity index (χ0n) is 19.0. The number of likely N-dealkylation sites (N-methyl/N-ethyl adjacent to an activating group) is 1. The lowest BCUT2D eigenvalue weighted by molar-refractivity contribution is -0.141. The Balaban J connectivity index is -0.000000177. The van der Waals surface area contributed by atoms with E-state index in [1.807, 2.05) is 0 Å². The van der Waals surface area contributed by atoms with Gasteiger partial charge in [0.25, 0.3) is 0 Å². The van der Waals surface area contributed by atoms with E-state index in [1.165, 1.54) is 0 Å². The Morgan fingerprint density at radius 2 is 1.21 bits per heavy atom. The maximum atomic E-state index is 10.2. The van der Waals surface area contributed by atoms with Gasteiger partial charge < -0.3 is 53.8 Å². The normalized spacial score (nSPS) is 12.1. The monoisotopic (exact) mass is 485 g/mol. The van der Waals surface area contributed by atoms with Crippen molar-refractivity contribution in [2.24, 2.45) is 28.9 Å². The van der Waals surface area contributed by atoms with Crippen molar-refractivity contribution in [3.8, 4) is 0 Å². The Morgan fingerprint density at radius 1 is 0.758 bits per heavy atom. The standard InChI is InChI=1S/C7H13NO4.C4H10N2O2.C4H9NO2.C3H7NO2/c8-5(7(11)12)3-1-2-4-6(9)10;5-2-1-3(6)4(7)8;1-3(2-5)4(6)7;1-4-2-3(5)6/h5H,1-4,8H2,(H,9,10)(H,11,12);3H,1-2,5-6H2,(H,7,8);3H,2,5H2,1H3,(H,6,7);4H,2H2,1H3,(H,5,6). The van der Waals surface area contributed by atoms with Crippen LogP contribution in [0.15, 0.2) is 0 Å². The van der Waals surface area contributed by atoms with Crippen molar-refractivity contribution < 1.29 is 49.5 Å². The second kappa shape index (κ2) is 25.4. The molecule has 0 spiro atoms. The number of unbranched alkanes of at least 4 members (excludes halogenated alkanes) is 1. The smallest absolute Gasteiger partial charge is 0.320 e. The maximum Gasteiger partial charge on any atom is 0.320 e. The van der Waals surface area contributed by atoms with Crippen molar-refractivity contribution in [1.82, 2.24) is 5.32 Å². The number of hydrogen-bond acceptors (Lipinski definition) is 10. The third-order valence-corrected chi connectivity index (χ3v) is 3.37. The summed E-state index contributed by atoms with van der Waals surface area (Å²) in [6.07, 6.45) is 1.78. The molecule has 0 heterocycles. The predicted molar refractivity (Wildman–Crippen MR) is 118 cm³/mol. The molecule has 0 aliphatic carbocycles. The molecule has 0 amide bonds. The molecule has 33 heavy (non-hydrogen) atoms. The summed E-state index contributed by atoms with van der Waals surface area (Å²) in [5.41, 5.74) is 20.2. The van der Waals surface area contributed by atoms with Crippen molar-refractivity contribution in [2.75, 3.05) is 26.7 Å². The Morgan fingerprint density at radius 3 is 1.39 bits per heavy atom. The summed E-state index contributed by atoms with van der Waals surface area (Å²) in [5.74, 6) is -4.94. The summed E-state index contributed by atoms with van der Waals surface area (Å²) in [6, 6.07) is -1.65. The summed E-state index contributed by atoms with van der Waals surface area (Å²) in [5, 5.41) is 43.1. The first kappa shape index (κ1) is 37.5. The second-order valence-corrected chi connectivity index (χ2v) is 6.51. The topological polar surface area (TPSA) is 303 Å². The molecule has 0 saturated carbocycles. The minimum Gasteiger partial charge on any atom is -0.481 e. The van der Waals surface area contributed by atoms with E-state index in [-0.39, 0.29) is 19.5 Å². The highest BCUT2D eigenvalue weighted by atomic mass is 16.4. The van der Waals surface area contributed by atoms with Crippen molar-refractivity contribution in [2.45, 2.75) is 51.1 Å². The Labute approximate surface area is 192 Å². The molecule has 0 aromatic carbocycles. The minimum atomic E-state index is -1.04. The van der Waals surface area contributed by atoms with Crippen molar-refractivity contribution in [3.63, 3.8) is 0 Å². The molecule has 0 aromatic heterocycles. The molecule has 0 aliphatic rings. The zero-order chi connectivity index (χ0) is 27.0. The van der Waals surface area contributed by atoms with Gasteiger partial charge in [0.15, 0.2) is 0 Å². The molecular weight excluding hydrogens is 446 g/mol. The fourth-order valence-electron chi connectivity index (χ4n) is 1.32. The summed E-state index contributed by atoms with van der Waals surface area (Å²) >= 11 is 0. The average Bonchev–Trinajstić information content (AvgIpc) is 2.71. The highest BCUT2D eigenvalue weighted by Gasteiger charge is 2.10. The molecule has 0 radical (unpaired) electrons. The first-order chi connectivity index (χ1) is 15.2. The zero-order valence-corrected chi connectivity index (χ0v) is 19.0. The van der Waals surface area contributed by atoms with E-state index in [9.17, 15) is 24.0 Å². The van der Waals surface area contributed by atoms with Crippen LogP contribution in [0.3, 0.4) is 0 Å². The van der Waals surface area contributed by atoms with Crippen LogP contribution in [0.1, 0.15) is 39.0 Å². The highest BCUT2D eigenvalue weighted by molar-refractivity contribution is 5.73. The largest absolute Gasteiger partial charge is 0.481 e. The van der Waals surface area contributed by atoms with E-state index >= 15 is 0 Å². The molecule has 0 aliphatic heterocycles. The molecule has 0 saturated heterocycles. The average molecular weight is 486 g/mol. The van der Waals surface area contributed by atoms with E-state index in [1.54, 1.807) is 14.0 Å². The number of hydrogen-bond donors (Lipinski definition) is 10. The molecule has 0 bridgehead atoms. The van der Waals surface area contributed by atoms with Crippen LogP contribution in [0.5, 0.6) is 0 Å². The van der Waals surface area contributed by atoms with Gasteiger partial charge >= 0.3 is 29.8 Å². The van der Waals surface area contributed by atoms with Crippen LogP contribution in [0, 0.1) is 5.92 Å². The minimum absolute atomic E-state index is 0.0417. The number of carboxylic acids is 5. The van der Waals surface area contributed by atoms with Gasteiger partial charge in [-0.25, -0.2) is 0 Å². The van der Waals surface area contributed by atoms with Gasteiger partial charge in [-0.15, -0.1) is 0 Å². The molecule has 15 heteroatoms. The number of nitrogens with one attached hydrogen (secondary N) is 1. The lowest BCUT2D eigenvalue weighted by atomic mass is 10.1. The van der Waals surface area contributed by atoms with E-state index in [2.05, 4.69) is 5.32 Å². The first-order valence-electron chi connectivity index (χ1n) is 9.85. The first-order valence-corrected chi connectivity index (χ1v) is 9.85. The van der Waals surface area contributed by atoms with Crippen molar-refractivity contribution >= 4 is 29.8 Å². The highest BCUT2D eigenvalue weighted by Crippen LogP contribution is 2.02. The van der Waals surface area contributed by atoms with Gasteiger partial charge in [-0.2, -0.15) is 0 Å². The van der Waals surface area contributed by atoms with E-state index in [0.29, 0.717) is 32.2 Å². The number of carbonyl (C=O) groups is 5. The third-order valence-electron chi connectivity index (χ3n) is 3.37. The molecule has 196 valence electrons. The van der Waals surface area contributed by atoms with Crippen LogP contribution in [0.25, 0.3) is 0 Å². The molecule has 14 N–H and O–H groups in total. The van der Waals surface area contributed by atoms with Gasteiger partial charge in [-0.1, -0.05) is 13.3 Å². The van der Waals surface area contributed by atoms with Gasteiger partial charge in [-0.05, 0) is 32.9 Å². The molecule has 0 fully saturated rings. The van der Waals surface area contributed by atoms with Crippen LogP contribution in [-0.4, -0.2) is 94.1 Å². The summed E-state index contributed by atoms with van der Waals surface area (Å²) in [4.78, 5) is 49.5. The molecule has 3 atom stereocenters. The quantitative estimate of drug-likeness (QED) is 0.123. The second-order valence-electron chi connectivity index (χ2n) is 6.51. The van der Waals surface area contributed by atoms with E-state index in [4.69, 9.17) is 48.5 Å². The van der Waals surface area contributed by atoms with Crippen molar-refractivity contribution in [1.29, 1.82) is 0 Å². The number of rotatable bonds is 13. The van der Waals surface area contributed by atoms with E-state index < -0.39 is 47.8 Å². The molecular formula is C18H39N5O10. The molecule has 0 rings (SSSR count). The van der Waals surface area contributed by atoms with Crippen LogP contribution < -0.4 is 28.3 Å². The van der Waals surface area contributed by atoms with Gasteiger partial charge in [0.2, 0.25) is 0 Å². The third kappa shape index (κ3) is 36.8. The van der Waals surface area contributed by atoms with Crippen LogP contribution in [0.4, 0.5) is 0 Å².